The van der Waals surface area contributed by atoms with Crippen LogP contribution in [-0.4, -0.2) is 12.9 Å². The van der Waals surface area contributed by atoms with Gasteiger partial charge in [-0.1, -0.05) is 24.6 Å². The van der Waals surface area contributed by atoms with Crippen LogP contribution in [0, 0.1) is 0 Å². The Hall–Kier alpha value is -1.28. The number of rotatable bonds is 2. The van der Waals surface area contributed by atoms with Crippen LogP contribution in [-0.2, 0) is 11.2 Å². The van der Waals surface area contributed by atoms with E-state index in [0.29, 0.717) is 10.6 Å². The maximum Gasteiger partial charge on any atom is 0.150 e. The smallest absolute Gasteiger partial charge is 0.150 e. The van der Waals surface area contributed by atoms with Gasteiger partial charge >= 0.3 is 0 Å². The van der Waals surface area contributed by atoms with Gasteiger partial charge in [-0.2, -0.15) is 0 Å². The van der Waals surface area contributed by atoms with Crippen LogP contribution in [0.15, 0.2) is 23.8 Å². The predicted molar refractivity (Wildman–Crippen MR) is 60.2 cm³/mol. The first-order chi connectivity index (χ1) is 7.26. The Kier molecular flexibility index (Phi) is 2.78. The molecule has 15 heavy (non-hydrogen) atoms. The van der Waals surface area contributed by atoms with Crippen LogP contribution >= 0.6 is 11.6 Å². The molecule has 3 heteroatoms. The average Bonchev–Trinajstić information content (AvgIpc) is 2.29. The zero-order chi connectivity index (χ0) is 10.8. The molecule has 1 aromatic rings. The van der Waals surface area contributed by atoms with Crippen molar-refractivity contribution in [3.05, 3.63) is 34.9 Å². The number of aldehydes is 1. The molecule has 2 nitrogen and oxygen atoms in total. The number of benzene rings is 1. The van der Waals surface area contributed by atoms with E-state index < -0.39 is 0 Å². The van der Waals surface area contributed by atoms with Crippen molar-refractivity contribution < 1.29 is 9.53 Å². The Balaban J connectivity index is 2.51. The molecule has 0 aliphatic carbocycles. The van der Waals surface area contributed by atoms with Crippen LogP contribution in [0.2, 0.25) is 0 Å². The number of halogens is 1. The molecule has 0 amide bonds. The van der Waals surface area contributed by atoms with Crippen molar-refractivity contribution in [2.45, 2.75) is 13.3 Å². The zero-order valence-corrected chi connectivity index (χ0v) is 9.17. The summed E-state index contributed by atoms with van der Waals surface area (Å²) in [5.74, 6) is 0.768. The van der Waals surface area contributed by atoms with Crippen LogP contribution in [0.4, 0.5) is 0 Å². The summed E-state index contributed by atoms with van der Waals surface area (Å²) in [6.45, 7) is 2.35. The second kappa shape index (κ2) is 4.07. The summed E-state index contributed by atoms with van der Waals surface area (Å²) in [5, 5.41) is 0.508. The molecule has 0 unspecified atom stereocenters. The second-order valence-electron chi connectivity index (χ2n) is 3.43. The first-order valence-corrected chi connectivity index (χ1v) is 5.24. The third-order valence-corrected chi connectivity index (χ3v) is 2.94. The van der Waals surface area contributed by atoms with E-state index in [4.69, 9.17) is 16.3 Å². The van der Waals surface area contributed by atoms with Crippen molar-refractivity contribution >= 4 is 22.9 Å². The SMILES string of the molecule is CCc1ccc2c(c1)OCC(C=O)=C2Cl. The molecule has 0 aromatic heterocycles. The molecule has 1 aliphatic rings. The molecule has 0 saturated heterocycles. The first-order valence-electron chi connectivity index (χ1n) is 4.86. The quantitative estimate of drug-likeness (QED) is 0.720. The van der Waals surface area contributed by atoms with Crippen molar-refractivity contribution in [3.8, 4) is 5.75 Å². The summed E-state index contributed by atoms with van der Waals surface area (Å²) in [5.41, 5.74) is 2.52. The maximum atomic E-state index is 10.7. The molecule has 0 N–H and O–H groups in total. The van der Waals surface area contributed by atoms with Gasteiger partial charge in [-0.3, -0.25) is 4.79 Å². The Morgan fingerprint density at radius 1 is 1.53 bits per heavy atom. The van der Waals surface area contributed by atoms with Gasteiger partial charge in [0.15, 0.2) is 6.29 Å². The Morgan fingerprint density at radius 2 is 2.33 bits per heavy atom. The molecule has 0 spiro atoms. The van der Waals surface area contributed by atoms with Gasteiger partial charge in [0.05, 0.1) is 5.03 Å². The molecular weight excluding hydrogens is 212 g/mol. The molecular formula is C12H11ClO2. The third-order valence-electron chi connectivity index (χ3n) is 2.50. The van der Waals surface area contributed by atoms with Crippen LogP contribution in [0.25, 0.3) is 5.03 Å². The van der Waals surface area contributed by atoms with E-state index in [1.807, 2.05) is 18.2 Å². The van der Waals surface area contributed by atoms with Crippen LogP contribution in [0.1, 0.15) is 18.1 Å². The Morgan fingerprint density at radius 3 is 3.00 bits per heavy atom. The summed E-state index contributed by atoms with van der Waals surface area (Å²) in [7, 11) is 0. The number of carbonyl (C=O) groups excluding carboxylic acids is 1. The van der Waals surface area contributed by atoms with Crippen molar-refractivity contribution in [2.75, 3.05) is 6.61 Å². The van der Waals surface area contributed by atoms with Crippen molar-refractivity contribution in [1.29, 1.82) is 0 Å². The van der Waals surface area contributed by atoms with E-state index in [2.05, 4.69) is 6.92 Å². The van der Waals surface area contributed by atoms with E-state index in [9.17, 15) is 4.79 Å². The van der Waals surface area contributed by atoms with E-state index in [1.54, 1.807) is 0 Å². The van der Waals surface area contributed by atoms with Gasteiger partial charge in [0, 0.05) is 11.1 Å². The normalized spacial score (nSPS) is 14.5. The Labute approximate surface area is 93.5 Å². The van der Waals surface area contributed by atoms with Gasteiger partial charge in [0.2, 0.25) is 0 Å². The van der Waals surface area contributed by atoms with Gasteiger partial charge in [0.1, 0.15) is 12.4 Å². The second-order valence-corrected chi connectivity index (χ2v) is 3.81. The van der Waals surface area contributed by atoms with Crippen molar-refractivity contribution in [2.24, 2.45) is 0 Å². The largest absolute Gasteiger partial charge is 0.488 e. The molecule has 0 radical (unpaired) electrons. The lowest BCUT2D eigenvalue weighted by Crippen LogP contribution is -2.10. The number of aryl methyl sites for hydroxylation is 1. The summed E-state index contributed by atoms with van der Waals surface area (Å²) in [4.78, 5) is 10.7. The molecule has 0 fully saturated rings. The van der Waals surface area contributed by atoms with Crippen molar-refractivity contribution in [1.82, 2.24) is 0 Å². The third kappa shape index (κ3) is 1.77. The lowest BCUT2D eigenvalue weighted by Gasteiger charge is -2.18. The molecule has 0 atom stereocenters. The number of hydrogen-bond donors (Lipinski definition) is 0. The van der Waals surface area contributed by atoms with E-state index in [1.165, 1.54) is 5.56 Å². The summed E-state index contributed by atoms with van der Waals surface area (Å²) in [6.07, 6.45) is 1.71. The maximum absolute atomic E-state index is 10.7. The molecule has 0 bridgehead atoms. The van der Waals surface area contributed by atoms with Gasteiger partial charge < -0.3 is 4.74 Å². The molecule has 1 aliphatic heterocycles. The van der Waals surface area contributed by atoms with E-state index >= 15 is 0 Å². The minimum absolute atomic E-state index is 0.266. The predicted octanol–water partition coefficient (Wildman–Crippen LogP) is 2.79. The highest BCUT2D eigenvalue weighted by Gasteiger charge is 2.18. The van der Waals surface area contributed by atoms with Gasteiger partial charge in [-0.25, -0.2) is 0 Å². The minimum Gasteiger partial charge on any atom is -0.488 e. The van der Waals surface area contributed by atoms with E-state index in [-0.39, 0.29) is 6.61 Å². The fourth-order valence-corrected chi connectivity index (χ4v) is 1.82. The van der Waals surface area contributed by atoms with Crippen LogP contribution in [0.5, 0.6) is 5.75 Å². The lowest BCUT2D eigenvalue weighted by atomic mass is 10.0. The molecule has 1 heterocycles. The number of fused-ring (bicyclic) bond motifs is 1. The average molecular weight is 223 g/mol. The van der Waals surface area contributed by atoms with E-state index in [0.717, 1.165) is 24.0 Å². The fourth-order valence-electron chi connectivity index (χ4n) is 1.57. The highest BCUT2D eigenvalue weighted by molar-refractivity contribution is 6.51. The molecule has 2 rings (SSSR count). The minimum atomic E-state index is 0.266. The van der Waals surface area contributed by atoms with Crippen LogP contribution < -0.4 is 4.74 Å². The summed E-state index contributed by atoms with van der Waals surface area (Å²) in [6, 6.07) is 5.87. The topological polar surface area (TPSA) is 26.3 Å². The number of carbonyl (C=O) groups is 1. The van der Waals surface area contributed by atoms with Gasteiger partial charge in [-0.15, -0.1) is 0 Å². The highest BCUT2D eigenvalue weighted by Crippen LogP contribution is 2.35. The molecule has 78 valence electrons. The molecule has 0 saturated carbocycles. The lowest BCUT2D eigenvalue weighted by molar-refractivity contribution is -0.105. The van der Waals surface area contributed by atoms with Crippen LogP contribution in [0.3, 0.4) is 0 Å². The zero-order valence-electron chi connectivity index (χ0n) is 8.42. The first kappa shape index (κ1) is 10.2. The summed E-state index contributed by atoms with van der Waals surface area (Å²) < 4.78 is 5.47. The monoisotopic (exact) mass is 222 g/mol. The van der Waals surface area contributed by atoms with Gasteiger partial charge in [0.25, 0.3) is 0 Å². The number of ether oxygens (including phenoxy) is 1. The summed E-state index contributed by atoms with van der Waals surface area (Å²) >= 11 is 6.08. The fraction of sp³-hybridized carbons (Fsp3) is 0.250. The standard InChI is InChI=1S/C12H11ClO2/c1-2-8-3-4-10-11(5-8)15-7-9(6-14)12(10)13/h3-6H,2,7H2,1H3. The highest BCUT2D eigenvalue weighted by atomic mass is 35.5. The Bertz CT molecular complexity index is 435. The molecule has 1 aromatic carbocycles. The number of hydrogen-bond acceptors (Lipinski definition) is 2. The van der Waals surface area contributed by atoms with Crippen molar-refractivity contribution in [3.63, 3.8) is 0 Å². The van der Waals surface area contributed by atoms with Gasteiger partial charge in [-0.05, 0) is 24.1 Å².